The molecule has 0 unspecified atom stereocenters. The zero-order valence-electron chi connectivity index (χ0n) is 19.6. The van der Waals surface area contributed by atoms with Crippen molar-refractivity contribution in [3.8, 4) is 11.6 Å². The van der Waals surface area contributed by atoms with Crippen LogP contribution in [-0.4, -0.2) is 30.7 Å². The van der Waals surface area contributed by atoms with E-state index in [1.807, 2.05) is 13.8 Å². The number of fused-ring (bicyclic) bond motifs is 1. The van der Waals surface area contributed by atoms with Gasteiger partial charge in [-0.3, -0.25) is 25.0 Å². The molecule has 0 radical (unpaired) electrons. The number of ether oxygens (including phenoxy) is 1. The van der Waals surface area contributed by atoms with Gasteiger partial charge >= 0.3 is 0 Å². The first-order chi connectivity index (χ1) is 17.7. The third-order valence-corrected chi connectivity index (χ3v) is 6.04. The molecule has 0 amide bonds. The normalized spacial score (nSPS) is 12.1. The van der Waals surface area contributed by atoms with Crippen LogP contribution in [0, 0.1) is 20.2 Å². The first-order valence-corrected chi connectivity index (χ1v) is 11.8. The molecular formula is C24H19BrN6O6. The number of non-ortho nitro benzene ring substituents is 1. The summed E-state index contributed by atoms with van der Waals surface area (Å²) in [6, 6.07) is 11.5. The fraction of sp³-hybridized carbons (Fsp3) is 0.167. The summed E-state index contributed by atoms with van der Waals surface area (Å²) in [5.41, 5.74) is -0.127. The summed E-state index contributed by atoms with van der Waals surface area (Å²) in [4.78, 5) is 43.0. The molecule has 0 aliphatic heterocycles. The zero-order chi connectivity index (χ0) is 26.7. The van der Waals surface area contributed by atoms with Crippen LogP contribution < -0.4 is 10.3 Å². The van der Waals surface area contributed by atoms with Crippen LogP contribution in [0.2, 0.25) is 0 Å². The number of hydrogen-bond donors (Lipinski definition) is 0. The van der Waals surface area contributed by atoms with Crippen LogP contribution in [0.3, 0.4) is 0 Å². The number of nitro benzene ring substituents is 1. The van der Waals surface area contributed by atoms with Crippen molar-refractivity contribution >= 4 is 44.4 Å². The zero-order valence-corrected chi connectivity index (χ0v) is 21.2. The van der Waals surface area contributed by atoms with E-state index >= 15 is 0 Å². The highest BCUT2D eigenvalue weighted by Gasteiger charge is 2.17. The molecular weight excluding hydrogens is 548 g/mol. The van der Waals surface area contributed by atoms with Gasteiger partial charge in [0, 0.05) is 40.2 Å². The molecule has 0 saturated carbocycles. The lowest BCUT2D eigenvalue weighted by Gasteiger charge is -2.14. The van der Waals surface area contributed by atoms with Gasteiger partial charge in [-0.1, -0.05) is 29.8 Å². The van der Waals surface area contributed by atoms with Gasteiger partial charge in [0.2, 0.25) is 5.88 Å². The van der Waals surface area contributed by atoms with Crippen molar-refractivity contribution in [3.63, 3.8) is 0 Å². The Kier molecular flexibility index (Phi) is 7.34. The maximum atomic E-state index is 13.4. The smallest absolute Gasteiger partial charge is 0.287 e. The molecule has 2 aromatic carbocycles. The van der Waals surface area contributed by atoms with Crippen molar-refractivity contribution in [1.82, 2.24) is 14.6 Å². The Morgan fingerprint density at radius 3 is 2.49 bits per heavy atom. The van der Waals surface area contributed by atoms with Gasteiger partial charge < -0.3 is 4.74 Å². The van der Waals surface area contributed by atoms with Crippen LogP contribution in [0.1, 0.15) is 37.6 Å². The Morgan fingerprint density at radius 2 is 1.84 bits per heavy atom. The summed E-state index contributed by atoms with van der Waals surface area (Å²) < 4.78 is 7.61. The van der Waals surface area contributed by atoms with Crippen LogP contribution in [0.4, 0.5) is 11.4 Å². The van der Waals surface area contributed by atoms with Gasteiger partial charge in [-0.2, -0.15) is 9.78 Å². The van der Waals surface area contributed by atoms with Gasteiger partial charge in [0.25, 0.3) is 16.9 Å². The highest BCUT2D eigenvalue weighted by molar-refractivity contribution is 9.10. The molecule has 188 valence electrons. The molecule has 0 saturated heterocycles. The van der Waals surface area contributed by atoms with Gasteiger partial charge in [-0.25, -0.2) is 9.97 Å². The Bertz CT molecular complexity index is 1600. The molecule has 0 N–H and O–H groups in total. The molecule has 12 nitrogen and oxygen atoms in total. The summed E-state index contributed by atoms with van der Waals surface area (Å²) in [7, 11) is 0. The SMILES string of the molecule is CC[C@H](C)c1nc2ccc(Br)cc2c(=O)n1N=Cc1cc([N+](=O)[O-])ccc1Oc1ccc([N+](=O)[O-])cn1. The molecule has 0 aliphatic rings. The minimum atomic E-state index is -0.594. The Morgan fingerprint density at radius 1 is 1.11 bits per heavy atom. The van der Waals surface area contributed by atoms with Crippen molar-refractivity contribution < 1.29 is 14.6 Å². The number of benzene rings is 2. The maximum Gasteiger partial charge on any atom is 0.287 e. The van der Waals surface area contributed by atoms with Gasteiger partial charge in [0.05, 0.1) is 27.0 Å². The topological polar surface area (TPSA) is 156 Å². The molecule has 4 aromatic rings. The molecule has 0 spiro atoms. The molecule has 0 aliphatic carbocycles. The molecule has 0 bridgehead atoms. The van der Waals surface area contributed by atoms with Gasteiger partial charge in [0.1, 0.15) is 17.8 Å². The quantitative estimate of drug-likeness (QED) is 0.152. The van der Waals surface area contributed by atoms with E-state index in [0.29, 0.717) is 27.6 Å². The summed E-state index contributed by atoms with van der Waals surface area (Å²) in [5, 5.41) is 27.0. The minimum absolute atomic E-state index is 0.0313. The fourth-order valence-electron chi connectivity index (χ4n) is 3.40. The van der Waals surface area contributed by atoms with E-state index in [0.717, 1.165) is 6.20 Å². The number of pyridine rings is 1. The van der Waals surface area contributed by atoms with E-state index in [1.165, 1.54) is 41.2 Å². The summed E-state index contributed by atoms with van der Waals surface area (Å²) in [5.74, 6) is 0.501. The monoisotopic (exact) mass is 566 g/mol. The van der Waals surface area contributed by atoms with Crippen molar-refractivity contribution in [3.05, 3.63) is 101 Å². The Hall–Kier alpha value is -4.52. The molecule has 1 atom stereocenters. The molecule has 2 aromatic heterocycles. The van der Waals surface area contributed by atoms with Crippen LogP contribution in [0.5, 0.6) is 11.6 Å². The number of halogens is 1. The van der Waals surface area contributed by atoms with E-state index in [9.17, 15) is 25.0 Å². The second kappa shape index (κ2) is 10.6. The lowest BCUT2D eigenvalue weighted by Crippen LogP contribution is -2.23. The van der Waals surface area contributed by atoms with Crippen molar-refractivity contribution in [2.45, 2.75) is 26.2 Å². The highest BCUT2D eigenvalue weighted by atomic mass is 79.9. The Labute approximate surface area is 217 Å². The number of hydrogen-bond acceptors (Lipinski definition) is 9. The average Bonchev–Trinajstić information content (AvgIpc) is 2.88. The fourth-order valence-corrected chi connectivity index (χ4v) is 3.76. The molecule has 0 fully saturated rings. The number of nitrogens with zero attached hydrogens (tertiary/aromatic N) is 6. The average molecular weight is 567 g/mol. The molecule has 4 rings (SSSR count). The van der Waals surface area contributed by atoms with E-state index < -0.39 is 15.4 Å². The van der Waals surface area contributed by atoms with Crippen molar-refractivity contribution in [2.75, 3.05) is 0 Å². The van der Waals surface area contributed by atoms with Gasteiger partial charge in [-0.15, -0.1) is 0 Å². The van der Waals surface area contributed by atoms with E-state index in [4.69, 9.17) is 4.74 Å². The van der Waals surface area contributed by atoms with Gasteiger partial charge in [-0.05, 0) is 30.7 Å². The maximum absolute atomic E-state index is 13.4. The summed E-state index contributed by atoms with van der Waals surface area (Å²) >= 11 is 3.36. The third kappa shape index (κ3) is 5.51. The van der Waals surface area contributed by atoms with E-state index in [2.05, 4.69) is 31.0 Å². The van der Waals surface area contributed by atoms with E-state index in [-0.39, 0.29) is 34.5 Å². The van der Waals surface area contributed by atoms with E-state index in [1.54, 1.807) is 18.2 Å². The highest BCUT2D eigenvalue weighted by Crippen LogP contribution is 2.28. The van der Waals surface area contributed by atoms with Gasteiger partial charge in [0.15, 0.2) is 0 Å². The Balaban J connectivity index is 1.82. The second-order valence-electron chi connectivity index (χ2n) is 8.00. The molecule has 37 heavy (non-hydrogen) atoms. The van der Waals surface area contributed by atoms with Crippen molar-refractivity contribution in [2.24, 2.45) is 5.10 Å². The summed E-state index contributed by atoms with van der Waals surface area (Å²) in [6.07, 6.45) is 3.00. The minimum Gasteiger partial charge on any atom is -0.438 e. The van der Waals surface area contributed by atoms with Crippen LogP contribution in [0.25, 0.3) is 10.9 Å². The summed E-state index contributed by atoms with van der Waals surface area (Å²) in [6.45, 7) is 3.88. The van der Waals surface area contributed by atoms with Crippen LogP contribution >= 0.6 is 15.9 Å². The first kappa shape index (κ1) is 25.6. The predicted molar refractivity (Wildman–Crippen MR) is 139 cm³/mol. The first-order valence-electron chi connectivity index (χ1n) is 11.0. The predicted octanol–water partition coefficient (Wildman–Crippen LogP) is 5.56. The molecule has 2 heterocycles. The number of rotatable bonds is 8. The lowest BCUT2D eigenvalue weighted by molar-refractivity contribution is -0.385. The van der Waals surface area contributed by atoms with Crippen LogP contribution in [0.15, 0.2) is 69.1 Å². The number of aromatic nitrogens is 3. The molecule has 13 heteroatoms. The van der Waals surface area contributed by atoms with Crippen LogP contribution in [-0.2, 0) is 0 Å². The number of nitro groups is 2. The largest absolute Gasteiger partial charge is 0.438 e. The standard InChI is InChI=1S/C24H19BrN6O6/c1-3-14(2)23-28-20-7-4-16(25)11-19(20)24(32)29(23)27-12-15-10-17(30(33)34)5-8-21(15)37-22-9-6-18(13-26-22)31(35)36/h4-14H,3H2,1-2H3/t14-/m0/s1. The van der Waals surface area contributed by atoms with Crippen molar-refractivity contribution in [1.29, 1.82) is 0 Å². The third-order valence-electron chi connectivity index (χ3n) is 5.55. The second-order valence-corrected chi connectivity index (χ2v) is 8.91. The lowest BCUT2D eigenvalue weighted by atomic mass is 10.1.